The number of aromatic amines is 1. The molecule has 2 aromatic carbocycles. The molecule has 1 aromatic heterocycles. The molecular formula is C30H35N3O4. The van der Waals surface area contributed by atoms with Gasteiger partial charge in [-0.25, -0.2) is 4.57 Å². The second kappa shape index (κ2) is 11.0. The predicted octanol–water partition coefficient (Wildman–Crippen LogP) is 3.70. The first-order valence-corrected chi connectivity index (χ1v) is 12.8. The fourth-order valence-electron chi connectivity index (χ4n) is 4.57. The zero-order valence-corrected chi connectivity index (χ0v) is 22.0. The topological polar surface area (TPSA) is 89.3 Å². The van der Waals surface area contributed by atoms with Gasteiger partial charge in [0.05, 0.1) is 19.2 Å². The van der Waals surface area contributed by atoms with Gasteiger partial charge in [0.1, 0.15) is 18.1 Å². The molecule has 1 atom stereocenters. The molecular weight excluding hydrogens is 466 g/mol. The molecule has 7 nitrogen and oxygen atoms in total. The number of carbonyl (C=O) groups excluding carboxylic acids is 2. The van der Waals surface area contributed by atoms with E-state index < -0.39 is 23.5 Å². The lowest BCUT2D eigenvalue weighted by molar-refractivity contribution is -0.695. The predicted molar refractivity (Wildman–Crippen MR) is 139 cm³/mol. The average Bonchev–Trinajstić information content (AvgIpc) is 3.49. The summed E-state index contributed by atoms with van der Waals surface area (Å²) in [5.41, 5.74) is 2.22. The highest BCUT2D eigenvalue weighted by molar-refractivity contribution is 6.46. The Hall–Kier alpha value is -3.87. The summed E-state index contributed by atoms with van der Waals surface area (Å²) < 4.78 is 7.60. The van der Waals surface area contributed by atoms with E-state index in [4.69, 9.17) is 4.74 Å². The van der Waals surface area contributed by atoms with E-state index in [0.29, 0.717) is 37.4 Å². The van der Waals surface area contributed by atoms with E-state index in [1.807, 2.05) is 54.5 Å². The number of ether oxygens (including phenoxy) is 1. The van der Waals surface area contributed by atoms with Crippen LogP contribution in [0.3, 0.4) is 0 Å². The molecule has 1 aliphatic rings. The first kappa shape index (κ1) is 26.2. The average molecular weight is 502 g/mol. The Labute approximate surface area is 218 Å². The fourth-order valence-corrected chi connectivity index (χ4v) is 4.57. The quantitative estimate of drug-likeness (QED) is 0.210. The van der Waals surface area contributed by atoms with Crippen LogP contribution in [-0.4, -0.2) is 34.7 Å². The SMILES string of the molecule is CCCOc1ccc(C([O-])=C2C(=O)C(=O)N(CCC[n+]3cc[nH]c3)C2c2ccc(C(C)(C)C)cc2)cc1. The third-order valence-corrected chi connectivity index (χ3v) is 6.63. The van der Waals surface area contributed by atoms with Crippen molar-refractivity contribution in [3.8, 4) is 5.75 Å². The van der Waals surface area contributed by atoms with Crippen molar-refractivity contribution in [2.45, 2.75) is 58.5 Å². The largest absolute Gasteiger partial charge is 0.872 e. The van der Waals surface area contributed by atoms with Crippen molar-refractivity contribution in [1.29, 1.82) is 0 Å². The van der Waals surface area contributed by atoms with E-state index in [1.54, 1.807) is 29.2 Å². The molecule has 1 N–H and O–H groups in total. The summed E-state index contributed by atoms with van der Waals surface area (Å²) in [6, 6.07) is 13.9. The molecule has 37 heavy (non-hydrogen) atoms. The van der Waals surface area contributed by atoms with Gasteiger partial charge < -0.3 is 14.7 Å². The lowest BCUT2D eigenvalue weighted by Crippen LogP contribution is -2.36. The highest BCUT2D eigenvalue weighted by Gasteiger charge is 2.44. The number of rotatable bonds is 9. The lowest BCUT2D eigenvalue weighted by Gasteiger charge is -2.28. The maximum absolute atomic E-state index is 13.7. The third-order valence-electron chi connectivity index (χ3n) is 6.63. The van der Waals surface area contributed by atoms with Gasteiger partial charge in [0.15, 0.2) is 0 Å². The zero-order valence-electron chi connectivity index (χ0n) is 22.0. The van der Waals surface area contributed by atoms with Crippen LogP contribution in [-0.2, 0) is 21.5 Å². The normalized spacial score (nSPS) is 17.4. The number of likely N-dealkylation sites (tertiary alicyclic amines) is 1. The summed E-state index contributed by atoms with van der Waals surface area (Å²) in [6.45, 7) is 10.0. The van der Waals surface area contributed by atoms with Crippen LogP contribution in [0, 0.1) is 0 Å². The second-order valence-corrected chi connectivity index (χ2v) is 10.4. The van der Waals surface area contributed by atoms with Gasteiger partial charge in [0.25, 0.3) is 5.91 Å². The standard InChI is InChI=1S/C30H35N3O4/c1-5-19-37-24-13-9-22(10-14-24)27(34)25-26(21-7-11-23(12-8-21)30(2,3)4)33(29(36)28(25)35)17-6-16-32-18-15-31-20-32/h7-15,18,20,26H,5-6,16-17,19H2,1-4H3,(H,34,35). The number of imidazole rings is 1. The van der Waals surface area contributed by atoms with E-state index in [2.05, 4.69) is 25.8 Å². The number of hydrogen-bond donors (Lipinski definition) is 1. The second-order valence-electron chi connectivity index (χ2n) is 10.4. The molecule has 7 heteroatoms. The molecule has 0 aliphatic carbocycles. The van der Waals surface area contributed by atoms with Crippen molar-refractivity contribution in [3.05, 3.63) is 89.5 Å². The zero-order chi connectivity index (χ0) is 26.6. The third kappa shape index (κ3) is 5.77. The number of Topliss-reactive ketones (excluding diaryl/α,β-unsaturated/α-hetero) is 1. The van der Waals surface area contributed by atoms with Gasteiger partial charge >= 0.3 is 0 Å². The van der Waals surface area contributed by atoms with E-state index in [1.165, 1.54) is 0 Å². The Balaban J connectivity index is 1.70. The highest BCUT2D eigenvalue weighted by Crippen LogP contribution is 2.39. The molecule has 194 valence electrons. The molecule has 1 saturated heterocycles. The molecule has 0 radical (unpaired) electrons. The van der Waals surface area contributed by atoms with Crippen LogP contribution in [0.5, 0.6) is 5.75 Å². The molecule has 4 rings (SSSR count). The number of hydrogen-bond acceptors (Lipinski definition) is 4. The number of nitrogens with one attached hydrogen (secondary N) is 1. The summed E-state index contributed by atoms with van der Waals surface area (Å²) in [4.78, 5) is 31.0. The van der Waals surface area contributed by atoms with Crippen LogP contribution in [0.2, 0.25) is 0 Å². The number of H-pyrrole nitrogens is 1. The molecule has 1 unspecified atom stereocenters. The van der Waals surface area contributed by atoms with Crippen molar-refractivity contribution in [2.75, 3.05) is 13.2 Å². The number of ketones is 1. The summed E-state index contributed by atoms with van der Waals surface area (Å²) in [5, 5.41) is 13.7. The van der Waals surface area contributed by atoms with Gasteiger partial charge in [-0.2, -0.15) is 0 Å². The minimum Gasteiger partial charge on any atom is -0.872 e. The van der Waals surface area contributed by atoms with Crippen LogP contribution in [0.1, 0.15) is 63.3 Å². The highest BCUT2D eigenvalue weighted by atomic mass is 16.5. The first-order valence-electron chi connectivity index (χ1n) is 12.8. The summed E-state index contributed by atoms with van der Waals surface area (Å²) in [6.07, 6.45) is 7.10. The summed E-state index contributed by atoms with van der Waals surface area (Å²) in [7, 11) is 0. The van der Waals surface area contributed by atoms with Gasteiger partial charge in [-0.05, 0) is 40.7 Å². The monoisotopic (exact) mass is 501 g/mol. The van der Waals surface area contributed by atoms with Gasteiger partial charge in [0.2, 0.25) is 12.1 Å². The first-order chi connectivity index (χ1) is 17.7. The fraction of sp³-hybridized carbons (Fsp3) is 0.367. The van der Waals surface area contributed by atoms with Crippen LogP contribution in [0.15, 0.2) is 72.8 Å². The Kier molecular flexibility index (Phi) is 7.81. The molecule has 0 spiro atoms. The van der Waals surface area contributed by atoms with Gasteiger partial charge in [-0.3, -0.25) is 14.6 Å². The van der Waals surface area contributed by atoms with Gasteiger partial charge in [-0.1, -0.05) is 69.9 Å². The maximum atomic E-state index is 13.7. The van der Waals surface area contributed by atoms with Crippen LogP contribution >= 0.6 is 0 Å². The van der Waals surface area contributed by atoms with Crippen molar-refractivity contribution in [3.63, 3.8) is 0 Å². The summed E-state index contributed by atoms with van der Waals surface area (Å²) in [5.74, 6) is -1.12. The Bertz CT molecular complexity index is 1250. The molecule has 1 aliphatic heterocycles. The Morgan fingerprint density at radius 2 is 1.78 bits per heavy atom. The van der Waals surface area contributed by atoms with Gasteiger partial charge in [0, 0.05) is 18.5 Å². The van der Waals surface area contributed by atoms with Crippen molar-refractivity contribution < 1.29 is 24.0 Å². The lowest BCUT2D eigenvalue weighted by atomic mass is 9.85. The number of aromatic nitrogens is 2. The van der Waals surface area contributed by atoms with E-state index in [9.17, 15) is 14.7 Å². The van der Waals surface area contributed by atoms with Crippen molar-refractivity contribution in [2.24, 2.45) is 0 Å². The number of amides is 1. The maximum Gasteiger partial charge on any atom is 0.295 e. The number of nitrogens with zero attached hydrogens (tertiary/aromatic N) is 2. The molecule has 1 fully saturated rings. The van der Waals surface area contributed by atoms with Gasteiger partial charge in [-0.15, -0.1) is 0 Å². The van der Waals surface area contributed by atoms with Crippen LogP contribution in [0.25, 0.3) is 5.76 Å². The van der Waals surface area contributed by atoms with E-state index >= 15 is 0 Å². The smallest absolute Gasteiger partial charge is 0.295 e. The minimum absolute atomic E-state index is 0.00466. The molecule has 2 heterocycles. The Morgan fingerprint density at radius 3 is 2.38 bits per heavy atom. The minimum atomic E-state index is -0.728. The Morgan fingerprint density at radius 1 is 1.08 bits per heavy atom. The number of benzene rings is 2. The van der Waals surface area contributed by atoms with Crippen molar-refractivity contribution >= 4 is 17.4 Å². The molecule has 0 saturated carbocycles. The number of aryl methyl sites for hydroxylation is 1. The molecule has 0 bridgehead atoms. The van der Waals surface area contributed by atoms with Crippen molar-refractivity contribution in [1.82, 2.24) is 9.88 Å². The molecule has 1 amide bonds. The van der Waals surface area contributed by atoms with E-state index in [-0.39, 0.29) is 11.0 Å². The summed E-state index contributed by atoms with van der Waals surface area (Å²) >= 11 is 0. The van der Waals surface area contributed by atoms with Crippen LogP contribution in [0.4, 0.5) is 0 Å². The van der Waals surface area contributed by atoms with Crippen LogP contribution < -0.4 is 14.4 Å². The van der Waals surface area contributed by atoms with E-state index in [0.717, 1.165) is 17.5 Å². The molecule has 3 aromatic rings. The number of carbonyl (C=O) groups is 2.